The fraction of sp³-hybridized carbons (Fsp3) is 0.316. The lowest BCUT2D eigenvalue weighted by molar-refractivity contribution is -0.133. The Morgan fingerprint density at radius 3 is 2.52 bits per heavy atom. The van der Waals surface area contributed by atoms with Crippen LogP contribution in [0.2, 0.25) is 0 Å². The summed E-state index contributed by atoms with van der Waals surface area (Å²) in [5, 5.41) is 14.9. The Bertz CT molecular complexity index is 1160. The van der Waals surface area contributed by atoms with E-state index in [1.54, 1.807) is 23.2 Å². The number of sulfone groups is 1. The monoisotopic (exact) mass is 465 g/mol. The van der Waals surface area contributed by atoms with Crippen LogP contribution in [-0.2, 0) is 34.6 Å². The van der Waals surface area contributed by atoms with Gasteiger partial charge in [-0.1, -0.05) is 0 Å². The Morgan fingerprint density at radius 1 is 1.29 bits per heavy atom. The highest BCUT2D eigenvalue weighted by Gasteiger charge is 2.52. The van der Waals surface area contributed by atoms with Crippen LogP contribution in [0.5, 0.6) is 5.75 Å². The molecule has 10 nitrogen and oxygen atoms in total. The van der Waals surface area contributed by atoms with Gasteiger partial charge in [0.15, 0.2) is 0 Å². The largest absolute Gasteiger partial charge is 0.497 e. The summed E-state index contributed by atoms with van der Waals surface area (Å²) in [4.78, 5) is 19.1. The molecule has 0 spiro atoms. The first-order chi connectivity index (χ1) is 14.7. The van der Waals surface area contributed by atoms with Crippen molar-refractivity contribution in [3.63, 3.8) is 0 Å². The summed E-state index contributed by atoms with van der Waals surface area (Å²) in [5.41, 5.74) is 2.44. The number of rotatable bonds is 9. The van der Waals surface area contributed by atoms with Crippen molar-refractivity contribution in [1.29, 1.82) is 0 Å². The normalized spacial score (nSPS) is 13.5. The van der Waals surface area contributed by atoms with E-state index in [0.29, 0.717) is 17.1 Å². The number of hydrogen-bond donors (Lipinski definition) is 3. The Kier molecular flexibility index (Phi) is 6.74. The number of amides is 1. The number of carbonyl (C=O) groups excluding carboxylic acids is 1. The van der Waals surface area contributed by atoms with Gasteiger partial charge < -0.3 is 9.30 Å². The first kappa shape index (κ1) is 22.9. The van der Waals surface area contributed by atoms with Crippen molar-refractivity contribution < 1.29 is 23.2 Å². The summed E-state index contributed by atoms with van der Waals surface area (Å²) in [5.74, 6) is -0.660. The van der Waals surface area contributed by atoms with Crippen molar-refractivity contribution in [1.82, 2.24) is 25.3 Å². The molecule has 1 unspecified atom stereocenters. The van der Waals surface area contributed by atoms with Gasteiger partial charge in [0.05, 0.1) is 34.7 Å². The van der Waals surface area contributed by atoms with E-state index < -0.39 is 20.6 Å². The molecule has 166 valence electrons. The van der Waals surface area contributed by atoms with Gasteiger partial charge in [-0.25, -0.2) is 23.9 Å². The van der Waals surface area contributed by atoms with Crippen LogP contribution in [-0.4, -0.2) is 46.0 Å². The third-order valence-corrected chi connectivity index (χ3v) is 7.81. The van der Waals surface area contributed by atoms with E-state index in [-0.39, 0.29) is 17.9 Å². The number of nitrogens with zero attached hydrogens (tertiary/aromatic N) is 3. The second kappa shape index (κ2) is 9.14. The number of methoxy groups -OCH3 is 1. The molecule has 1 atom stereocenters. The molecular formula is C19H23N5O5S2. The van der Waals surface area contributed by atoms with Gasteiger partial charge in [0, 0.05) is 31.6 Å². The standard InChI is InChI=1S/C19H23N5O5S2/c1-13-22-15(11-30-13)9-21-19(18(25)23-26,8-14-10-24(2)12-20-14)31(27,28)17-6-4-16(29-3)5-7-17/h4-7,10-12,21,26H,8-9H2,1-3H3,(H,23,25). The SMILES string of the molecule is COc1ccc(S(=O)(=O)C(Cc2cn(C)cn2)(NCc2csc(C)n2)C(=O)NO)cc1. The molecule has 1 aromatic carbocycles. The van der Waals surface area contributed by atoms with Crippen LogP contribution in [0.3, 0.4) is 0 Å². The molecule has 2 heterocycles. The van der Waals surface area contributed by atoms with Gasteiger partial charge in [0.2, 0.25) is 14.7 Å². The van der Waals surface area contributed by atoms with Crippen LogP contribution in [0.1, 0.15) is 16.4 Å². The number of aromatic nitrogens is 3. The number of imidazole rings is 1. The lowest BCUT2D eigenvalue weighted by atomic mass is 10.1. The van der Waals surface area contributed by atoms with Gasteiger partial charge in [-0.3, -0.25) is 15.3 Å². The molecule has 0 saturated carbocycles. The molecule has 2 aromatic heterocycles. The summed E-state index contributed by atoms with van der Waals surface area (Å²) in [6.07, 6.45) is 2.79. The quantitative estimate of drug-likeness (QED) is 0.317. The number of carbonyl (C=O) groups is 1. The van der Waals surface area contributed by atoms with Crippen molar-refractivity contribution in [2.45, 2.75) is 29.7 Å². The van der Waals surface area contributed by atoms with E-state index in [2.05, 4.69) is 15.3 Å². The van der Waals surface area contributed by atoms with Crippen molar-refractivity contribution in [3.05, 3.63) is 58.6 Å². The zero-order chi connectivity index (χ0) is 22.6. The third-order valence-electron chi connectivity index (χ3n) is 4.71. The average molecular weight is 466 g/mol. The van der Waals surface area contributed by atoms with Gasteiger partial charge >= 0.3 is 0 Å². The van der Waals surface area contributed by atoms with E-state index in [9.17, 15) is 18.4 Å². The van der Waals surface area contributed by atoms with Crippen LogP contribution < -0.4 is 15.5 Å². The number of thiazole rings is 1. The fourth-order valence-electron chi connectivity index (χ4n) is 3.12. The highest BCUT2D eigenvalue weighted by atomic mass is 32.2. The molecule has 3 rings (SSSR count). The van der Waals surface area contributed by atoms with Crippen LogP contribution >= 0.6 is 11.3 Å². The molecule has 0 aliphatic rings. The molecule has 0 saturated heterocycles. The first-order valence-corrected chi connectivity index (χ1v) is 11.5. The van der Waals surface area contributed by atoms with E-state index in [1.165, 1.54) is 54.5 Å². The predicted molar refractivity (Wildman–Crippen MR) is 113 cm³/mol. The van der Waals surface area contributed by atoms with Crippen LogP contribution in [0.25, 0.3) is 0 Å². The van der Waals surface area contributed by atoms with E-state index in [0.717, 1.165) is 5.01 Å². The highest BCUT2D eigenvalue weighted by Crippen LogP contribution is 2.29. The number of benzene rings is 1. The number of hydrogen-bond acceptors (Lipinski definition) is 9. The molecule has 31 heavy (non-hydrogen) atoms. The predicted octanol–water partition coefficient (Wildman–Crippen LogP) is 1.20. The van der Waals surface area contributed by atoms with Gasteiger partial charge in [-0.15, -0.1) is 11.3 Å². The lowest BCUT2D eigenvalue weighted by Crippen LogP contribution is -2.62. The maximum Gasteiger partial charge on any atom is 0.280 e. The number of nitrogens with one attached hydrogen (secondary N) is 2. The van der Waals surface area contributed by atoms with Gasteiger partial charge in [-0.05, 0) is 31.2 Å². The minimum absolute atomic E-state index is 0.0139. The minimum atomic E-state index is -4.36. The molecule has 3 aromatic rings. The summed E-state index contributed by atoms with van der Waals surface area (Å²) >= 11 is 1.40. The topological polar surface area (TPSA) is 135 Å². The molecule has 0 radical (unpaired) electrons. The summed E-state index contributed by atoms with van der Waals surface area (Å²) in [6.45, 7) is 1.81. The summed E-state index contributed by atoms with van der Waals surface area (Å²) in [7, 11) is -1.17. The number of ether oxygens (including phenoxy) is 1. The van der Waals surface area contributed by atoms with Crippen LogP contribution in [0.15, 0.2) is 47.1 Å². The van der Waals surface area contributed by atoms with Gasteiger partial charge in [0.1, 0.15) is 5.75 Å². The van der Waals surface area contributed by atoms with E-state index in [4.69, 9.17) is 4.74 Å². The summed E-state index contributed by atoms with van der Waals surface area (Å²) in [6, 6.07) is 5.67. The van der Waals surface area contributed by atoms with E-state index >= 15 is 0 Å². The van der Waals surface area contributed by atoms with Gasteiger partial charge in [0.25, 0.3) is 5.91 Å². The second-order valence-corrected chi connectivity index (χ2v) is 10.1. The van der Waals surface area contributed by atoms with Crippen molar-refractivity contribution in [3.8, 4) is 5.75 Å². The van der Waals surface area contributed by atoms with Gasteiger partial charge in [-0.2, -0.15) is 0 Å². The lowest BCUT2D eigenvalue weighted by Gasteiger charge is -2.31. The summed E-state index contributed by atoms with van der Waals surface area (Å²) < 4.78 is 34.3. The maximum atomic E-state index is 13.8. The van der Waals surface area contributed by atoms with E-state index in [1.807, 2.05) is 6.92 Å². The Morgan fingerprint density at radius 2 is 2.00 bits per heavy atom. The number of hydroxylamine groups is 1. The Hall–Kier alpha value is -2.80. The first-order valence-electron chi connectivity index (χ1n) is 9.18. The third kappa shape index (κ3) is 4.61. The average Bonchev–Trinajstić information content (AvgIpc) is 3.37. The zero-order valence-corrected chi connectivity index (χ0v) is 18.8. The fourth-order valence-corrected chi connectivity index (χ4v) is 5.52. The highest BCUT2D eigenvalue weighted by molar-refractivity contribution is 7.93. The molecule has 0 fully saturated rings. The number of aryl methyl sites for hydroxylation is 2. The van der Waals surface area contributed by atoms with Crippen LogP contribution in [0.4, 0.5) is 0 Å². The minimum Gasteiger partial charge on any atom is -0.497 e. The smallest absolute Gasteiger partial charge is 0.280 e. The zero-order valence-electron chi connectivity index (χ0n) is 17.2. The molecule has 0 bridgehead atoms. The molecule has 12 heteroatoms. The molecular weight excluding hydrogens is 442 g/mol. The van der Waals surface area contributed by atoms with Crippen molar-refractivity contribution >= 4 is 27.1 Å². The van der Waals surface area contributed by atoms with Crippen molar-refractivity contribution in [2.75, 3.05) is 7.11 Å². The van der Waals surface area contributed by atoms with Crippen LogP contribution in [0, 0.1) is 6.92 Å². The molecule has 1 amide bonds. The molecule has 3 N–H and O–H groups in total. The Balaban J connectivity index is 2.11. The Labute approximate surface area is 183 Å². The van der Waals surface area contributed by atoms with Crippen molar-refractivity contribution in [2.24, 2.45) is 7.05 Å². The molecule has 0 aliphatic carbocycles. The molecule has 0 aliphatic heterocycles. The second-order valence-electron chi connectivity index (χ2n) is 6.87. The maximum absolute atomic E-state index is 13.8.